The topological polar surface area (TPSA) is 65.6 Å². The Bertz CT molecular complexity index is 1130. The average molecular weight is 427 g/mol. The lowest BCUT2D eigenvalue weighted by molar-refractivity contribution is -0.0503. The number of H-pyrrole nitrogens is 1. The lowest BCUT2D eigenvalue weighted by Crippen LogP contribution is -2.50. The average Bonchev–Trinajstić information content (AvgIpc) is 3.06. The zero-order valence-corrected chi connectivity index (χ0v) is 17.3. The molecule has 1 aliphatic rings. The second-order valence-corrected chi connectivity index (χ2v) is 7.59. The fraction of sp³-hybridized carbons (Fsp3) is 0.304. The lowest BCUT2D eigenvalue weighted by Gasteiger charge is -2.35. The molecule has 0 saturated carbocycles. The van der Waals surface area contributed by atoms with E-state index in [2.05, 4.69) is 9.72 Å². The SMILES string of the molecule is Cc1[nH]c2ccc(C(=O)N3CCN(C(=O)c4ccccc4OC(F)F)CC3)cc2c1C. The number of halogens is 2. The van der Waals surface area contributed by atoms with Gasteiger partial charge in [0.25, 0.3) is 11.8 Å². The first-order chi connectivity index (χ1) is 14.8. The number of nitrogens with zero attached hydrogens (tertiary/aromatic N) is 2. The van der Waals surface area contributed by atoms with Crippen LogP contribution in [-0.4, -0.2) is 59.4 Å². The van der Waals surface area contributed by atoms with Gasteiger partial charge in [-0.2, -0.15) is 8.78 Å². The summed E-state index contributed by atoms with van der Waals surface area (Å²) in [6, 6.07) is 11.6. The van der Waals surface area contributed by atoms with E-state index in [9.17, 15) is 18.4 Å². The number of benzene rings is 2. The number of carbonyl (C=O) groups excluding carboxylic acids is 2. The van der Waals surface area contributed by atoms with Crippen molar-refractivity contribution in [2.45, 2.75) is 20.5 Å². The van der Waals surface area contributed by atoms with Crippen LogP contribution >= 0.6 is 0 Å². The summed E-state index contributed by atoms with van der Waals surface area (Å²) in [6.07, 6.45) is 0. The molecule has 8 heteroatoms. The number of para-hydroxylation sites is 1. The molecule has 1 aromatic heterocycles. The maximum atomic E-state index is 13.0. The molecule has 0 bridgehead atoms. The van der Waals surface area contributed by atoms with E-state index in [1.807, 2.05) is 26.0 Å². The van der Waals surface area contributed by atoms with Gasteiger partial charge in [0.15, 0.2) is 0 Å². The predicted molar refractivity (Wildman–Crippen MR) is 113 cm³/mol. The van der Waals surface area contributed by atoms with Crippen molar-refractivity contribution in [3.05, 3.63) is 64.8 Å². The number of hydrogen-bond donors (Lipinski definition) is 1. The normalized spacial score (nSPS) is 14.4. The summed E-state index contributed by atoms with van der Waals surface area (Å²) >= 11 is 0. The first kappa shape index (κ1) is 20.8. The predicted octanol–water partition coefficient (Wildman–Crippen LogP) is 3.98. The Morgan fingerprint density at radius 3 is 2.29 bits per heavy atom. The summed E-state index contributed by atoms with van der Waals surface area (Å²) in [7, 11) is 0. The quantitative estimate of drug-likeness (QED) is 0.685. The number of aromatic nitrogens is 1. The van der Waals surface area contributed by atoms with Crippen molar-refractivity contribution in [2.75, 3.05) is 26.2 Å². The highest BCUT2D eigenvalue weighted by Crippen LogP contribution is 2.25. The molecule has 162 valence electrons. The summed E-state index contributed by atoms with van der Waals surface area (Å²) in [5.74, 6) is -0.622. The summed E-state index contributed by atoms with van der Waals surface area (Å²) in [5, 5.41) is 1.02. The van der Waals surface area contributed by atoms with Crippen LogP contribution in [0.5, 0.6) is 5.75 Å². The van der Waals surface area contributed by atoms with Gasteiger partial charge in [0.1, 0.15) is 5.75 Å². The standard InChI is InChI=1S/C23H23F2N3O3/c1-14-15(2)26-19-8-7-16(13-18(14)19)21(29)27-9-11-28(12-10-27)22(30)17-5-3-4-6-20(17)31-23(24)25/h3-8,13,23,26H,9-12H2,1-2H3. The third kappa shape index (κ3) is 4.10. The largest absolute Gasteiger partial charge is 0.434 e. The van der Waals surface area contributed by atoms with E-state index in [4.69, 9.17) is 0 Å². The van der Waals surface area contributed by atoms with Crippen molar-refractivity contribution in [2.24, 2.45) is 0 Å². The number of fused-ring (bicyclic) bond motifs is 1. The molecule has 3 aromatic rings. The molecule has 0 atom stereocenters. The van der Waals surface area contributed by atoms with Crippen LogP contribution in [0, 0.1) is 13.8 Å². The highest BCUT2D eigenvalue weighted by Gasteiger charge is 2.27. The van der Waals surface area contributed by atoms with Crippen LogP contribution in [-0.2, 0) is 0 Å². The lowest BCUT2D eigenvalue weighted by atomic mass is 10.1. The van der Waals surface area contributed by atoms with E-state index < -0.39 is 6.61 Å². The Hall–Kier alpha value is -3.42. The highest BCUT2D eigenvalue weighted by atomic mass is 19.3. The van der Waals surface area contributed by atoms with Gasteiger partial charge >= 0.3 is 6.61 Å². The molecule has 2 amide bonds. The number of nitrogens with one attached hydrogen (secondary N) is 1. The number of aromatic amines is 1. The Balaban J connectivity index is 1.45. The van der Waals surface area contributed by atoms with Crippen LogP contribution < -0.4 is 4.74 Å². The van der Waals surface area contributed by atoms with Crippen LogP contribution in [0.25, 0.3) is 10.9 Å². The minimum absolute atomic E-state index is 0.0892. The maximum absolute atomic E-state index is 13.0. The van der Waals surface area contributed by atoms with Gasteiger partial charge in [0, 0.05) is 48.3 Å². The van der Waals surface area contributed by atoms with Crippen LogP contribution in [0.15, 0.2) is 42.5 Å². The monoisotopic (exact) mass is 427 g/mol. The van der Waals surface area contributed by atoms with Gasteiger partial charge in [-0.05, 0) is 49.7 Å². The van der Waals surface area contributed by atoms with Gasteiger partial charge < -0.3 is 19.5 Å². The molecule has 6 nitrogen and oxygen atoms in total. The number of hydrogen-bond acceptors (Lipinski definition) is 3. The maximum Gasteiger partial charge on any atom is 0.387 e. The van der Waals surface area contributed by atoms with E-state index in [1.54, 1.807) is 21.9 Å². The smallest absolute Gasteiger partial charge is 0.387 e. The summed E-state index contributed by atoms with van der Waals surface area (Å²) < 4.78 is 29.7. The van der Waals surface area contributed by atoms with E-state index in [-0.39, 0.29) is 23.1 Å². The Morgan fingerprint density at radius 1 is 0.968 bits per heavy atom. The van der Waals surface area contributed by atoms with Crippen LogP contribution in [0.4, 0.5) is 8.78 Å². The summed E-state index contributed by atoms with van der Waals surface area (Å²) in [5.41, 5.74) is 3.87. The van der Waals surface area contributed by atoms with E-state index in [1.165, 1.54) is 18.2 Å². The molecule has 1 N–H and O–H groups in total. The van der Waals surface area contributed by atoms with Crippen LogP contribution in [0.3, 0.4) is 0 Å². The molecule has 2 heterocycles. The molecule has 0 spiro atoms. The Morgan fingerprint density at radius 2 is 1.61 bits per heavy atom. The van der Waals surface area contributed by atoms with Crippen molar-refractivity contribution in [1.29, 1.82) is 0 Å². The summed E-state index contributed by atoms with van der Waals surface area (Å²) in [6.45, 7) is 2.38. The van der Waals surface area contributed by atoms with Crippen molar-refractivity contribution in [1.82, 2.24) is 14.8 Å². The first-order valence-electron chi connectivity index (χ1n) is 10.1. The van der Waals surface area contributed by atoms with Crippen molar-refractivity contribution in [3.8, 4) is 5.75 Å². The number of piperazine rings is 1. The Kier molecular flexibility index (Phi) is 5.63. The second-order valence-electron chi connectivity index (χ2n) is 7.59. The minimum atomic E-state index is -3.01. The third-order valence-electron chi connectivity index (χ3n) is 5.74. The molecule has 0 unspecified atom stereocenters. The van der Waals surface area contributed by atoms with Crippen molar-refractivity contribution in [3.63, 3.8) is 0 Å². The third-order valence-corrected chi connectivity index (χ3v) is 5.74. The Labute approximate surface area is 178 Å². The van der Waals surface area contributed by atoms with E-state index in [0.29, 0.717) is 31.7 Å². The number of aryl methyl sites for hydroxylation is 2. The van der Waals surface area contributed by atoms with Gasteiger partial charge in [0.05, 0.1) is 5.56 Å². The molecule has 1 fully saturated rings. The van der Waals surface area contributed by atoms with Gasteiger partial charge in [-0.3, -0.25) is 9.59 Å². The highest BCUT2D eigenvalue weighted by molar-refractivity contribution is 6.00. The molecule has 2 aromatic carbocycles. The number of alkyl halides is 2. The fourth-order valence-electron chi connectivity index (χ4n) is 3.90. The van der Waals surface area contributed by atoms with Gasteiger partial charge in [-0.1, -0.05) is 12.1 Å². The van der Waals surface area contributed by atoms with E-state index in [0.717, 1.165) is 22.2 Å². The van der Waals surface area contributed by atoms with Crippen molar-refractivity contribution < 1.29 is 23.1 Å². The van der Waals surface area contributed by atoms with Gasteiger partial charge in [-0.25, -0.2) is 0 Å². The van der Waals surface area contributed by atoms with Crippen LogP contribution in [0.1, 0.15) is 32.0 Å². The molecule has 4 rings (SSSR count). The molecule has 31 heavy (non-hydrogen) atoms. The fourth-order valence-corrected chi connectivity index (χ4v) is 3.90. The zero-order chi connectivity index (χ0) is 22.1. The number of carbonyl (C=O) groups is 2. The molecular weight excluding hydrogens is 404 g/mol. The number of rotatable bonds is 4. The molecule has 1 aliphatic heterocycles. The molecule has 1 saturated heterocycles. The van der Waals surface area contributed by atoms with Gasteiger partial charge in [0.2, 0.25) is 0 Å². The van der Waals surface area contributed by atoms with Crippen molar-refractivity contribution >= 4 is 22.7 Å². The summed E-state index contributed by atoms with van der Waals surface area (Å²) in [4.78, 5) is 32.4. The molecular formula is C23H23F2N3O3. The number of amides is 2. The van der Waals surface area contributed by atoms with Crippen LogP contribution in [0.2, 0.25) is 0 Å². The second kappa shape index (κ2) is 8.37. The minimum Gasteiger partial charge on any atom is -0.434 e. The number of ether oxygens (including phenoxy) is 1. The first-order valence-corrected chi connectivity index (χ1v) is 10.1. The van der Waals surface area contributed by atoms with Gasteiger partial charge in [-0.15, -0.1) is 0 Å². The van der Waals surface area contributed by atoms with E-state index >= 15 is 0 Å². The molecule has 0 radical (unpaired) electrons. The zero-order valence-electron chi connectivity index (χ0n) is 17.3. The molecule has 0 aliphatic carbocycles.